The minimum Gasteiger partial charge on any atom is -0.298 e. The Morgan fingerprint density at radius 1 is 1.60 bits per heavy atom. The highest BCUT2D eigenvalue weighted by Crippen LogP contribution is 2.26. The second-order valence-corrected chi connectivity index (χ2v) is 3.60. The van der Waals surface area contributed by atoms with Gasteiger partial charge >= 0.3 is 0 Å². The molecule has 0 amide bonds. The van der Waals surface area contributed by atoms with Crippen molar-refractivity contribution in [3.63, 3.8) is 0 Å². The Kier molecular flexibility index (Phi) is 2.32. The summed E-state index contributed by atoms with van der Waals surface area (Å²) in [6.45, 7) is 1.85. The molecule has 0 bridgehead atoms. The second kappa shape index (κ2) is 3.51. The lowest BCUT2D eigenvalue weighted by Crippen LogP contribution is -1.86. The molecule has 1 N–H and O–H groups in total. The number of aromatic amines is 1. The predicted molar refractivity (Wildman–Crippen MR) is 55.9 cm³/mol. The molecule has 0 radical (unpaired) electrons. The van der Waals surface area contributed by atoms with Crippen molar-refractivity contribution in [1.82, 2.24) is 20.0 Å². The summed E-state index contributed by atoms with van der Waals surface area (Å²) in [5, 5.41) is 11.0. The van der Waals surface area contributed by atoms with E-state index in [0.29, 0.717) is 17.5 Å². The van der Waals surface area contributed by atoms with Gasteiger partial charge in [0.15, 0.2) is 6.29 Å². The van der Waals surface area contributed by atoms with Crippen LogP contribution in [0.5, 0.6) is 0 Å². The Morgan fingerprint density at radius 2 is 2.33 bits per heavy atom. The fourth-order valence-corrected chi connectivity index (χ4v) is 1.65. The van der Waals surface area contributed by atoms with Gasteiger partial charge in [0, 0.05) is 18.8 Å². The van der Waals surface area contributed by atoms with E-state index in [4.69, 9.17) is 11.6 Å². The molecule has 6 heteroatoms. The lowest BCUT2D eigenvalue weighted by atomic mass is 10.1. The van der Waals surface area contributed by atoms with Crippen LogP contribution in [0.2, 0.25) is 5.15 Å². The number of nitrogens with zero attached hydrogens (tertiary/aromatic N) is 3. The zero-order valence-corrected chi connectivity index (χ0v) is 9.04. The van der Waals surface area contributed by atoms with E-state index in [-0.39, 0.29) is 5.15 Å². The standard InChI is InChI=1S/C9H9ClN4O/c1-5-6(3-14(2)13-5)8-7(4-15)9(10)12-11-8/h3-4H,1-2H3,(H,11,12). The van der Waals surface area contributed by atoms with Gasteiger partial charge in [0.2, 0.25) is 0 Å². The van der Waals surface area contributed by atoms with E-state index in [2.05, 4.69) is 15.3 Å². The molecule has 2 aromatic heterocycles. The smallest absolute Gasteiger partial charge is 0.155 e. The molecule has 0 fully saturated rings. The number of carbonyl (C=O) groups excluding carboxylic acids is 1. The van der Waals surface area contributed by atoms with Crippen molar-refractivity contribution in [2.24, 2.45) is 7.05 Å². The largest absolute Gasteiger partial charge is 0.298 e. The summed E-state index contributed by atoms with van der Waals surface area (Å²) >= 11 is 5.78. The number of rotatable bonds is 2. The molecule has 0 unspecified atom stereocenters. The van der Waals surface area contributed by atoms with E-state index in [1.807, 2.05) is 14.0 Å². The van der Waals surface area contributed by atoms with Crippen molar-refractivity contribution in [1.29, 1.82) is 0 Å². The van der Waals surface area contributed by atoms with Gasteiger partial charge in [0.1, 0.15) is 10.8 Å². The number of carbonyl (C=O) groups is 1. The minimum absolute atomic E-state index is 0.253. The zero-order chi connectivity index (χ0) is 11.0. The van der Waals surface area contributed by atoms with E-state index < -0.39 is 0 Å². The Morgan fingerprint density at radius 3 is 2.87 bits per heavy atom. The normalized spacial score (nSPS) is 10.6. The summed E-state index contributed by atoms with van der Waals surface area (Å²) < 4.78 is 1.67. The summed E-state index contributed by atoms with van der Waals surface area (Å²) in [5.41, 5.74) is 2.53. The molecule has 0 aliphatic rings. The van der Waals surface area contributed by atoms with Crippen LogP contribution < -0.4 is 0 Å². The summed E-state index contributed by atoms with van der Waals surface area (Å²) in [6.07, 6.45) is 2.49. The highest BCUT2D eigenvalue weighted by molar-refractivity contribution is 6.32. The fraction of sp³-hybridized carbons (Fsp3) is 0.222. The first-order valence-electron chi connectivity index (χ1n) is 4.33. The molecule has 2 rings (SSSR count). The first-order chi connectivity index (χ1) is 7.13. The van der Waals surface area contributed by atoms with Gasteiger partial charge in [-0.2, -0.15) is 10.2 Å². The topological polar surface area (TPSA) is 63.6 Å². The molecule has 0 spiro atoms. The van der Waals surface area contributed by atoms with Crippen LogP contribution in [0.25, 0.3) is 11.3 Å². The highest BCUT2D eigenvalue weighted by atomic mass is 35.5. The number of H-pyrrole nitrogens is 1. The first-order valence-corrected chi connectivity index (χ1v) is 4.71. The van der Waals surface area contributed by atoms with Crippen LogP contribution in [0.4, 0.5) is 0 Å². The summed E-state index contributed by atoms with van der Waals surface area (Å²) in [5.74, 6) is 0. The Labute approximate surface area is 91.1 Å². The maximum Gasteiger partial charge on any atom is 0.155 e. The van der Waals surface area contributed by atoms with E-state index in [9.17, 15) is 4.79 Å². The number of aryl methyl sites for hydroxylation is 2. The maximum atomic E-state index is 10.8. The van der Waals surface area contributed by atoms with Crippen LogP contribution in [0.1, 0.15) is 16.1 Å². The molecule has 0 aliphatic heterocycles. The number of halogens is 1. The van der Waals surface area contributed by atoms with Gasteiger partial charge in [0.25, 0.3) is 0 Å². The lowest BCUT2D eigenvalue weighted by molar-refractivity contribution is 0.112. The van der Waals surface area contributed by atoms with Crippen molar-refractivity contribution in [2.45, 2.75) is 6.92 Å². The number of hydrogen-bond acceptors (Lipinski definition) is 3. The summed E-state index contributed by atoms with van der Waals surface area (Å²) in [4.78, 5) is 10.8. The average Bonchev–Trinajstić information content (AvgIpc) is 2.69. The van der Waals surface area contributed by atoms with Crippen molar-refractivity contribution in [3.05, 3.63) is 22.6 Å². The third kappa shape index (κ3) is 1.55. The van der Waals surface area contributed by atoms with E-state index in [1.54, 1.807) is 10.9 Å². The maximum absolute atomic E-state index is 10.8. The molecule has 0 atom stereocenters. The average molecular weight is 225 g/mol. The molecular weight excluding hydrogens is 216 g/mol. The van der Waals surface area contributed by atoms with Crippen molar-refractivity contribution >= 4 is 17.9 Å². The third-order valence-electron chi connectivity index (χ3n) is 2.14. The van der Waals surface area contributed by atoms with Crippen LogP contribution in [-0.4, -0.2) is 26.3 Å². The molecule has 0 aromatic carbocycles. The second-order valence-electron chi connectivity index (χ2n) is 3.22. The van der Waals surface area contributed by atoms with Crippen LogP contribution in [0, 0.1) is 6.92 Å². The summed E-state index contributed by atoms with van der Waals surface area (Å²) in [6, 6.07) is 0. The minimum atomic E-state index is 0.253. The van der Waals surface area contributed by atoms with Gasteiger partial charge in [-0.3, -0.25) is 14.6 Å². The summed E-state index contributed by atoms with van der Waals surface area (Å²) in [7, 11) is 1.81. The number of hydrogen-bond donors (Lipinski definition) is 1. The van der Waals surface area contributed by atoms with Crippen LogP contribution in [0.3, 0.4) is 0 Å². The van der Waals surface area contributed by atoms with E-state index in [1.165, 1.54) is 0 Å². The third-order valence-corrected chi connectivity index (χ3v) is 2.43. The number of aldehydes is 1. The van der Waals surface area contributed by atoms with Crippen LogP contribution in [-0.2, 0) is 7.05 Å². The molecule has 15 heavy (non-hydrogen) atoms. The Balaban J connectivity index is 2.63. The first kappa shape index (κ1) is 9.92. The Hall–Kier alpha value is -1.62. The van der Waals surface area contributed by atoms with Gasteiger partial charge in [-0.05, 0) is 6.92 Å². The van der Waals surface area contributed by atoms with Crippen LogP contribution >= 0.6 is 11.6 Å². The van der Waals surface area contributed by atoms with Crippen molar-refractivity contribution in [3.8, 4) is 11.3 Å². The zero-order valence-electron chi connectivity index (χ0n) is 8.28. The molecule has 0 saturated heterocycles. The van der Waals surface area contributed by atoms with Gasteiger partial charge in [-0.1, -0.05) is 11.6 Å². The lowest BCUT2D eigenvalue weighted by Gasteiger charge is -1.93. The fourth-order valence-electron chi connectivity index (χ4n) is 1.47. The number of aromatic nitrogens is 4. The predicted octanol–water partition coefficient (Wildman–Crippen LogP) is 1.58. The quantitative estimate of drug-likeness (QED) is 0.788. The van der Waals surface area contributed by atoms with Crippen molar-refractivity contribution < 1.29 is 4.79 Å². The molecule has 78 valence electrons. The van der Waals surface area contributed by atoms with Gasteiger partial charge in [-0.15, -0.1) is 0 Å². The number of nitrogens with one attached hydrogen (secondary N) is 1. The van der Waals surface area contributed by atoms with Gasteiger partial charge in [-0.25, -0.2) is 0 Å². The molecule has 5 nitrogen and oxygen atoms in total. The van der Waals surface area contributed by atoms with E-state index in [0.717, 1.165) is 11.3 Å². The molecule has 0 aliphatic carbocycles. The van der Waals surface area contributed by atoms with Crippen LogP contribution in [0.15, 0.2) is 6.20 Å². The van der Waals surface area contributed by atoms with Gasteiger partial charge in [0.05, 0.1) is 11.3 Å². The van der Waals surface area contributed by atoms with Gasteiger partial charge < -0.3 is 0 Å². The SMILES string of the molecule is Cc1nn(C)cc1-c1n[nH]c(Cl)c1C=O. The monoisotopic (exact) mass is 224 g/mol. The van der Waals surface area contributed by atoms with E-state index >= 15 is 0 Å². The molecular formula is C9H9ClN4O. The molecule has 2 heterocycles. The Bertz CT molecular complexity index is 514. The molecule has 0 saturated carbocycles. The van der Waals surface area contributed by atoms with Crippen molar-refractivity contribution in [2.75, 3.05) is 0 Å². The molecule has 2 aromatic rings. The highest BCUT2D eigenvalue weighted by Gasteiger charge is 2.16.